The molecular weight excluding hydrogens is 263 g/mol. The van der Waals surface area contributed by atoms with Gasteiger partial charge < -0.3 is 9.73 Å². The van der Waals surface area contributed by atoms with Gasteiger partial charge in [0.15, 0.2) is 6.39 Å². The topological polar surface area (TPSA) is 55.1 Å². The third-order valence-electron chi connectivity index (χ3n) is 2.05. The van der Waals surface area contributed by atoms with Gasteiger partial charge in [-0.2, -0.15) is 0 Å². The van der Waals surface area contributed by atoms with Gasteiger partial charge >= 0.3 is 0 Å². The Morgan fingerprint density at radius 1 is 1.35 bits per heavy atom. The van der Waals surface area contributed by atoms with Gasteiger partial charge in [-0.25, -0.2) is 4.98 Å². The Kier molecular flexibility index (Phi) is 3.66. The van der Waals surface area contributed by atoms with Crippen molar-refractivity contribution in [2.75, 3.05) is 5.32 Å². The molecule has 0 atom stereocenters. The van der Waals surface area contributed by atoms with Crippen LogP contribution in [-0.4, -0.2) is 10.9 Å². The first-order chi connectivity index (χ1) is 8.16. The quantitative estimate of drug-likeness (QED) is 0.932. The van der Waals surface area contributed by atoms with Gasteiger partial charge in [0.2, 0.25) is 5.91 Å². The third kappa shape index (κ3) is 2.99. The largest absolute Gasteiger partial charge is 0.451 e. The van der Waals surface area contributed by atoms with Crippen LogP contribution in [0.3, 0.4) is 0 Å². The highest BCUT2D eigenvalue weighted by atomic mass is 35.5. The summed E-state index contributed by atoms with van der Waals surface area (Å²) in [6.45, 7) is 0. The molecule has 6 heteroatoms. The lowest BCUT2D eigenvalue weighted by Crippen LogP contribution is -2.15. The normalized spacial score (nSPS) is 10.2. The van der Waals surface area contributed by atoms with Gasteiger partial charge in [-0.05, 0) is 12.1 Å². The number of hydrogen-bond acceptors (Lipinski definition) is 3. The van der Waals surface area contributed by atoms with E-state index in [4.69, 9.17) is 27.6 Å². The van der Waals surface area contributed by atoms with Crippen LogP contribution in [0.5, 0.6) is 0 Å². The van der Waals surface area contributed by atoms with E-state index in [0.29, 0.717) is 21.4 Å². The van der Waals surface area contributed by atoms with Crippen molar-refractivity contribution in [2.24, 2.45) is 0 Å². The molecule has 17 heavy (non-hydrogen) atoms. The first-order valence-corrected chi connectivity index (χ1v) is 5.53. The zero-order chi connectivity index (χ0) is 12.3. The summed E-state index contributed by atoms with van der Waals surface area (Å²) in [6.07, 6.45) is 2.79. The van der Waals surface area contributed by atoms with Crippen molar-refractivity contribution in [1.82, 2.24) is 4.98 Å². The number of anilines is 1. The van der Waals surface area contributed by atoms with Crippen LogP contribution in [0.25, 0.3) is 0 Å². The van der Waals surface area contributed by atoms with Crippen molar-refractivity contribution >= 4 is 34.8 Å². The maximum Gasteiger partial charge on any atom is 0.230 e. The molecule has 0 saturated heterocycles. The van der Waals surface area contributed by atoms with E-state index in [1.165, 1.54) is 12.7 Å². The monoisotopic (exact) mass is 270 g/mol. The maximum absolute atomic E-state index is 11.7. The Hall–Kier alpha value is -1.52. The van der Waals surface area contributed by atoms with Crippen LogP contribution in [0.2, 0.25) is 10.0 Å². The Labute approximate surface area is 108 Å². The molecule has 2 rings (SSSR count). The SMILES string of the molecule is O=C(Cc1cocn1)Nc1c(Cl)cccc1Cl. The molecule has 88 valence electrons. The van der Waals surface area contributed by atoms with E-state index in [0.717, 1.165) is 0 Å². The lowest BCUT2D eigenvalue weighted by Gasteiger charge is -2.07. The minimum absolute atomic E-state index is 0.109. The van der Waals surface area contributed by atoms with Gasteiger partial charge in [-0.1, -0.05) is 29.3 Å². The first kappa shape index (κ1) is 12.0. The van der Waals surface area contributed by atoms with Crippen LogP contribution in [0.4, 0.5) is 5.69 Å². The predicted molar refractivity (Wildman–Crippen MR) is 65.3 cm³/mol. The third-order valence-corrected chi connectivity index (χ3v) is 2.68. The number of carbonyl (C=O) groups is 1. The van der Waals surface area contributed by atoms with E-state index in [2.05, 4.69) is 10.3 Å². The van der Waals surface area contributed by atoms with E-state index in [9.17, 15) is 4.79 Å². The minimum atomic E-state index is -0.256. The molecule has 2 aromatic rings. The highest BCUT2D eigenvalue weighted by Gasteiger charge is 2.11. The number of para-hydroxylation sites is 1. The van der Waals surface area contributed by atoms with Gasteiger partial charge in [-0.15, -0.1) is 0 Å². The number of benzene rings is 1. The lowest BCUT2D eigenvalue weighted by molar-refractivity contribution is -0.115. The molecule has 0 radical (unpaired) electrons. The Bertz CT molecular complexity index is 506. The summed E-state index contributed by atoms with van der Waals surface area (Å²) in [4.78, 5) is 15.5. The van der Waals surface area contributed by atoms with Gasteiger partial charge in [0, 0.05) is 0 Å². The fourth-order valence-electron chi connectivity index (χ4n) is 1.29. The lowest BCUT2D eigenvalue weighted by atomic mass is 10.3. The first-order valence-electron chi connectivity index (χ1n) is 4.78. The molecule has 1 aromatic carbocycles. The molecule has 0 unspecified atom stereocenters. The molecule has 0 aliphatic rings. The van der Waals surface area contributed by atoms with Crippen molar-refractivity contribution < 1.29 is 9.21 Å². The number of halogens is 2. The van der Waals surface area contributed by atoms with Gasteiger partial charge in [-0.3, -0.25) is 4.79 Å². The van der Waals surface area contributed by atoms with Crippen LogP contribution in [0.1, 0.15) is 5.69 Å². The molecule has 0 bridgehead atoms. The number of nitrogens with one attached hydrogen (secondary N) is 1. The Morgan fingerprint density at radius 2 is 2.06 bits per heavy atom. The molecule has 0 aliphatic carbocycles. The van der Waals surface area contributed by atoms with Crippen LogP contribution >= 0.6 is 23.2 Å². The summed E-state index contributed by atoms with van der Waals surface area (Å²) in [5, 5.41) is 3.42. The number of rotatable bonds is 3. The smallest absolute Gasteiger partial charge is 0.230 e. The van der Waals surface area contributed by atoms with E-state index >= 15 is 0 Å². The van der Waals surface area contributed by atoms with Crippen molar-refractivity contribution in [3.05, 3.63) is 46.6 Å². The molecule has 0 aliphatic heterocycles. The number of nitrogens with zero attached hydrogens (tertiary/aromatic N) is 1. The van der Waals surface area contributed by atoms with Crippen molar-refractivity contribution in [1.29, 1.82) is 0 Å². The molecule has 0 spiro atoms. The molecule has 0 saturated carbocycles. The standard InChI is InChI=1S/C11H8Cl2N2O2/c12-8-2-1-3-9(13)11(8)15-10(16)4-7-5-17-6-14-7/h1-3,5-6H,4H2,(H,15,16). The minimum Gasteiger partial charge on any atom is -0.451 e. The maximum atomic E-state index is 11.7. The van der Waals surface area contributed by atoms with Crippen LogP contribution in [0.15, 0.2) is 35.3 Å². The fraction of sp³-hybridized carbons (Fsp3) is 0.0909. The molecule has 4 nitrogen and oxygen atoms in total. The number of carbonyl (C=O) groups excluding carboxylic acids is 1. The van der Waals surface area contributed by atoms with Crippen LogP contribution < -0.4 is 5.32 Å². The average Bonchev–Trinajstić information content (AvgIpc) is 2.76. The van der Waals surface area contributed by atoms with E-state index in [-0.39, 0.29) is 12.3 Å². The van der Waals surface area contributed by atoms with Crippen molar-refractivity contribution in [3.8, 4) is 0 Å². The highest BCUT2D eigenvalue weighted by Crippen LogP contribution is 2.29. The summed E-state index contributed by atoms with van der Waals surface area (Å²) < 4.78 is 4.77. The predicted octanol–water partition coefficient (Wildman–Crippen LogP) is 3.16. The number of oxazole rings is 1. The van der Waals surface area contributed by atoms with Gasteiger partial charge in [0.1, 0.15) is 6.26 Å². The number of aromatic nitrogens is 1. The highest BCUT2D eigenvalue weighted by molar-refractivity contribution is 6.39. The average molecular weight is 271 g/mol. The van der Waals surface area contributed by atoms with Crippen LogP contribution in [-0.2, 0) is 11.2 Å². The molecule has 1 N–H and O–H groups in total. The summed E-state index contributed by atoms with van der Waals surface area (Å²) in [5.74, 6) is -0.256. The van der Waals surface area contributed by atoms with E-state index < -0.39 is 0 Å². The Balaban J connectivity index is 2.08. The molecule has 1 heterocycles. The zero-order valence-electron chi connectivity index (χ0n) is 8.61. The molecule has 0 fully saturated rings. The van der Waals surface area contributed by atoms with Gasteiger partial charge in [0.25, 0.3) is 0 Å². The second-order valence-corrected chi connectivity index (χ2v) is 4.12. The number of hydrogen-bond donors (Lipinski definition) is 1. The summed E-state index contributed by atoms with van der Waals surface area (Å²) in [6, 6.07) is 5.01. The van der Waals surface area contributed by atoms with E-state index in [1.807, 2.05) is 0 Å². The summed E-state index contributed by atoms with van der Waals surface area (Å²) >= 11 is 11.8. The van der Waals surface area contributed by atoms with Crippen molar-refractivity contribution in [2.45, 2.75) is 6.42 Å². The molecule has 1 amide bonds. The molecular formula is C11H8Cl2N2O2. The second-order valence-electron chi connectivity index (χ2n) is 3.30. The fourth-order valence-corrected chi connectivity index (χ4v) is 1.78. The summed E-state index contributed by atoms with van der Waals surface area (Å²) in [7, 11) is 0. The molecule has 1 aromatic heterocycles. The Morgan fingerprint density at radius 3 is 2.65 bits per heavy atom. The van der Waals surface area contributed by atoms with Crippen molar-refractivity contribution in [3.63, 3.8) is 0 Å². The van der Waals surface area contributed by atoms with E-state index in [1.54, 1.807) is 18.2 Å². The number of amides is 1. The second kappa shape index (κ2) is 5.21. The van der Waals surface area contributed by atoms with Crippen LogP contribution in [0, 0.1) is 0 Å². The van der Waals surface area contributed by atoms with Gasteiger partial charge in [0.05, 0.1) is 27.8 Å². The summed E-state index contributed by atoms with van der Waals surface area (Å²) in [5.41, 5.74) is 0.954. The zero-order valence-corrected chi connectivity index (χ0v) is 10.1.